The highest BCUT2D eigenvalue weighted by molar-refractivity contribution is 7.14. The number of nitrogens with zero attached hydrogens (tertiary/aromatic N) is 1. The lowest BCUT2D eigenvalue weighted by Gasteiger charge is -2.12. The molecule has 1 aromatic heterocycles. The van der Waals surface area contributed by atoms with Crippen LogP contribution in [0.4, 0.5) is 5.13 Å². The van der Waals surface area contributed by atoms with Gasteiger partial charge in [-0.25, -0.2) is 4.98 Å². The molecule has 5 nitrogen and oxygen atoms in total. The Hall–Kier alpha value is -2.21. The number of anilines is 1. The van der Waals surface area contributed by atoms with E-state index in [1.807, 2.05) is 24.4 Å². The predicted octanol–water partition coefficient (Wildman–Crippen LogP) is 4.43. The van der Waals surface area contributed by atoms with Crippen LogP contribution in [-0.2, 0) is 20.7 Å². The van der Waals surface area contributed by atoms with E-state index >= 15 is 0 Å². The highest BCUT2D eigenvalue weighted by atomic mass is 32.1. The summed E-state index contributed by atoms with van der Waals surface area (Å²) in [5, 5.41) is 5.10. The van der Waals surface area contributed by atoms with Crippen LogP contribution >= 0.6 is 11.3 Å². The Labute approximate surface area is 152 Å². The van der Waals surface area contributed by atoms with E-state index in [-0.39, 0.29) is 11.9 Å². The van der Waals surface area contributed by atoms with Crippen molar-refractivity contribution in [3.05, 3.63) is 35.2 Å². The Kier molecular flexibility index (Phi) is 7.13. The van der Waals surface area contributed by atoms with Gasteiger partial charge in [-0.15, -0.1) is 11.3 Å². The number of benzene rings is 1. The first-order valence-corrected chi connectivity index (χ1v) is 9.46. The van der Waals surface area contributed by atoms with Crippen molar-refractivity contribution in [2.24, 2.45) is 0 Å². The Morgan fingerprint density at radius 2 is 1.96 bits per heavy atom. The van der Waals surface area contributed by atoms with Crippen LogP contribution in [-0.4, -0.2) is 23.0 Å². The maximum absolute atomic E-state index is 12.1. The van der Waals surface area contributed by atoms with Gasteiger partial charge in [-0.05, 0) is 25.3 Å². The minimum absolute atomic E-state index is 0.337. The van der Waals surface area contributed by atoms with Crippen molar-refractivity contribution in [2.75, 3.05) is 5.32 Å². The maximum Gasteiger partial charge on any atom is 0.306 e. The van der Waals surface area contributed by atoms with E-state index in [1.54, 1.807) is 6.92 Å². The van der Waals surface area contributed by atoms with Crippen molar-refractivity contribution in [3.8, 4) is 11.3 Å². The smallest absolute Gasteiger partial charge is 0.306 e. The fraction of sp³-hybridized carbons (Fsp3) is 0.421. The van der Waals surface area contributed by atoms with Gasteiger partial charge in [0.1, 0.15) is 0 Å². The summed E-state index contributed by atoms with van der Waals surface area (Å²) in [4.78, 5) is 28.2. The third kappa shape index (κ3) is 5.67. The van der Waals surface area contributed by atoms with Crippen LogP contribution in [0.15, 0.2) is 29.6 Å². The standard InChI is InChI=1S/C19H24N2O3S/c1-4-6-7-17(22)24-13(3)18(23)21-19-20-16(12-25-19)15-10-8-14(5-2)9-11-15/h8-13H,4-7H2,1-3H3,(H,20,21,23)/t13-/m0/s1. The number of carbonyl (C=O) groups excluding carboxylic acids is 2. The third-order valence-electron chi connectivity index (χ3n) is 3.80. The number of amides is 1. The fourth-order valence-electron chi connectivity index (χ4n) is 2.21. The van der Waals surface area contributed by atoms with E-state index in [9.17, 15) is 9.59 Å². The van der Waals surface area contributed by atoms with E-state index < -0.39 is 6.10 Å². The lowest BCUT2D eigenvalue weighted by molar-refractivity contribution is -0.153. The van der Waals surface area contributed by atoms with Gasteiger partial charge >= 0.3 is 5.97 Å². The molecule has 0 aliphatic carbocycles. The molecule has 25 heavy (non-hydrogen) atoms. The molecule has 0 spiro atoms. The van der Waals surface area contributed by atoms with Crippen molar-refractivity contribution in [1.82, 2.24) is 4.98 Å². The molecule has 0 unspecified atom stereocenters. The first-order valence-electron chi connectivity index (χ1n) is 8.58. The minimum Gasteiger partial charge on any atom is -0.453 e. The summed E-state index contributed by atoms with van der Waals surface area (Å²) in [5.74, 6) is -0.715. The van der Waals surface area contributed by atoms with Gasteiger partial charge in [0.05, 0.1) is 5.69 Å². The predicted molar refractivity (Wildman–Crippen MR) is 101 cm³/mol. The summed E-state index contributed by atoms with van der Waals surface area (Å²) in [6.45, 7) is 5.68. The molecule has 1 heterocycles. The SMILES string of the molecule is CCCCC(=O)O[C@@H](C)C(=O)Nc1nc(-c2ccc(CC)cc2)cs1. The van der Waals surface area contributed by atoms with Crippen LogP contribution in [0.1, 0.15) is 45.6 Å². The number of nitrogens with one attached hydrogen (secondary N) is 1. The number of esters is 1. The fourth-order valence-corrected chi connectivity index (χ4v) is 2.94. The van der Waals surface area contributed by atoms with Gasteiger partial charge in [-0.2, -0.15) is 0 Å². The molecular weight excluding hydrogens is 336 g/mol. The molecule has 6 heteroatoms. The van der Waals surface area contributed by atoms with Gasteiger partial charge in [0.25, 0.3) is 5.91 Å². The first kappa shape index (κ1) is 19.1. The molecule has 0 radical (unpaired) electrons. The number of hydrogen-bond donors (Lipinski definition) is 1. The van der Waals surface area contributed by atoms with Gasteiger partial charge in [0.15, 0.2) is 11.2 Å². The summed E-state index contributed by atoms with van der Waals surface area (Å²) in [7, 11) is 0. The van der Waals surface area contributed by atoms with Crippen molar-refractivity contribution in [3.63, 3.8) is 0 Å². The van der Waals surface area contributed by atoms with Crippen molar-refractivity contribution in [1.29, 1.82) is 0 Å². The average Bonchev–Trinajstić information content (AvgIpc) is 3.08. The van der Waals surface area contributed by atoms with Crippen LogP contribution in [0.25, 0.3) is 11.3 Å². The molecule has 2 aromatic rings. The Balaban J connectivity index is 1.93. The molecule has 0 aliphatic rings. The number of carbonyl (C=O) groups is 2. The number of aryl methyl sites for hydroxylation is 1. The second-order valence-electron chi connectivity index (χ2n) is 5.81. The van der Waals surface area contributed by atoms with Gasteiger partial charge in [-0.3, -0.25) is 14.9 Å². The first-order chi connectivity index (χ1) is 12.0. The van der Waals surface area contributed by atoms with Crippen molar-refractivity contribution >= 4 is 28.3 Å². The molecule has 0 bridgehead atoms. The molecule has 0 fully saturated rings. The van der Waals surface area contributed by atoms with E-state index in [0.29, 0.717) is 11.6 Å². The number of unbranched alkanes of at least 4 members (excludes halogenated alkanes) is 1. The zero-order valence-corrected chi connectivity index (χ0v) is 15.7. The number of rotatable bonds is 8. The van der Waals surface area contributed by atoms with Gasteiger partial charge in [0.2, 0.25) is 0 Å². The highest BCUT2D eigenvalue weighted by Crippen LogP contribution is 2.25. The molecule has 1 N–H and O–H groups in total. The quantitative estimate of drug-likeness (QED) is 0.707. The van der Waals surface area contributed by atoms with E-state index in [2.05, 4.69) is 29.4 Å². The molecule has 1 amide bonds. The van der Waals surface area contributed by atoms with Gasteiger partial charge in [0, 0.05) is 17.4 Å². The second-order valence-corrected chi connectivity index (χ2v) is 6.67. The Bertz CT molecular complexity index is 710. The largest absolute Gasteiger partial charge is 0.453 e. The molecule has 0 saturated heterocycles. The molecule has 1 aromatic carbocycles. The lowest BCUT2D eigenvalue weighted by atomic mass is 10.1. The summed E-state index contributed by atoms with van der Waals surface area (Å²) < 4.78 is 5.13. The van der Waals surface area contributed by atoms with E-state index in [1.165, 1.54) is 16.9 Å². The molecule has 134 valence electrons. The van der Waals surface area contributed by atoms with Crippen molar-refractivity contribution < 1.29 is 14.3 Å². The summed E-state index contributed by atoms with van der Waals surface area (Å²) >= 11 is 1.35. The summed E-state index contributed by atoms with van der Waals surface area (Å²) in [6.07, 6.45) is 2.17. The van der Waals surface area contributed by atoms with Crippen LogP contribution in [0.2, 0.25) is 0 Å². The summed E-state index contributed by atoms with van der Waals surface area (Å²) in [6, 6.07) is 8.20. The monoisotopic (exact) mass is 360 g/mol. The maximum atomic E-state index is 12.1. The minimum atomic E-state index is -0.833. The average molecular weight is 360 g/mol. The Morgan fingerprint density at radius 1 is 1.24 bits per heavy atom. The van der Waals surface area contributed by atoms with E-state index in [0.717, 1.165) is 30.5 Å². The Morgan fingerprint density at radius 3 is 2.60 bits per heavy atom. The van der Waals surface area contributed by atoms with Crippen LogP contribution in [0.5, 0.6) is 0 Å². The van der Waals surface area contributed by atoms with Crippen molar-refractivity contribution in [2.45, 2.75) is 52.6 Å². The molecule has 1 atom stereocenters. The van der Waals surface area contributed by atoms with Gasteiger partial charge < -0.3 is 4.74 Å². The zero-order chi connectivity index (χ0) is 18.2. The number of thiazole rings is 1. The van der Waals surface area contributed by atoms with Gasteiger partial charge in [-0.1, -0.05) is 44.5 Å². The topological polar surface area (TPSA) is 68.3 Å². The van der Waals surface area contributed by atoms with E-state index in [4.69, 9.17) is 4.74 Å². The number of ether oxygens (including phenoxy) is 1. The van der Waals surface area contributed by atoms with Crippen LogP contribution in [0, 0.1) is 0 Å². The van der Waals surface area contributed by atoms with Crippen LogP contribution < -0.4 is 5.32 Å². The van der Waals surface area contributed by atoms with Crippen LogP contribution in [0.3, 0.4) is 0 Å². The zero-order valence-electron chi connectivity index (χ0n) is 14.9. The molecule has 2 rings (SSSR count). The highest BCUT2D eigenvalue weighted by Gasteiger charge is 2.19. The molecule has 0 saturated carbocycles. The number of aromatic nitrogens is 1. The molecule has 0 aliphatic heterocycles. The lowest BCUT2D eigenvalue weighted by Crippen LogP contribution is -2.29. The summed E-state index contributed by atoms with van der Waals surface area (Å²) in [5.41, 5.74) is 3.09. The normalized spacial score (nSPS) is 11.8. The third-order valence-corrected chi connectivity index (χ3v) is 4.56. The molecular formula is C19H24N2O3S. The number of hydrogen-bond acceptors (Lipinski definition) is 5. The second kappa shape index (κ2) is 9.32.